The first kappa shape index (κ1) is 18.7. The number of hydrogen-bond donors (Lipinski definition) is 1. The summed E-state index contributed by atoms with van der Waals surface area (Å²) in [7, 11) is 3.54. The van der Waals surface area contributed by atoms with Crippen LogP contribution in [0.15, 0.2) is 67.3 Å². The highest BCUT2D eigenvalue weighted by Crippen LogP contribution is 2.29. The van der Waals surface area contributed by atoms with Crippen molar-refractivity contribution in [1.82, 2.24) is 24.4 Å². The van der Waals surface area contributed by atoms with E-state index < -0.39 is 6.04 Å². The number of benzene rings is 2. The summed E-state index contributed by atoms with van der Waals surface area (Å²) in [5, 5.41) is 3.13. The Morgan fingerprint density at radius 1 is 1.14 bits per heavy atom. The van der Waals surface area contributed by atoms with Crippen molar-refractivity contribution >= 4 is 16.9 Å². The Labute approximate surface area is 169 Å². The zero-order valence-electron chi connectivity index (χ0n) is 16.4. The van der Waals surface area contributed by atoms with Crippen molar-refractivity contribution < 1.29 is 9.53 Å². The third-order valence-electron chi connectivity index (χ3n) is 4.98. The van der Waals surface area contributed by atoms with E-state index in [1.807, 2.05) is 70.9 Å². The van der Waals surface area contributed by atoms with Gasteiger partial charge in [-0.15, -0.1) is 0 Å². The number of nitrogens with zero attached hydrogens (tertiary/aromatic N) is 4. The Hall–Kier alpha value is -3.61. The summed E-state index contributed by atoms with van der Waals surface area (Å²) in [6.45, 7) is 0.547. The molecule has 0 aliphatic carbocycles. The molecule has 0 bridgehead atoms. The van der Waals surface area contributed by atoms with Crippen LogP contribution in [0.1, 0.15) is 23.9 Å². The number of ether oxygens (including phenoxy) is 1. The average Bonchev–Trinajstić information content (AvgIpc) is 3.36. The van der Waals surface area contributed by atoms with Crippen molar-refractivity contribution in [2.45, 2.75) is 19.0 Å². The Morgan fingerprint density at radius 2 is 1.93 bits per heavy atom. The van der Waals surface area contributed by atoms with Crippen LogP contribution in [0.3, 0.4) is 0 Å². The second-order valence-corrected chi connectivity index (χ2v) is 6.82. The largest absolute Gasteiger partial charge is 0.496 e. The highest BCUT2D eigenvalue weighted by atomic mass is 16.5. The predicted molar refractivity (Wildman–Crippen MR) is 111 cm³/mol. The maximum Gasteiger partial charge on any atom is 0.222 e. The minimum atomic E-state index is -0.404. The number of carbonyl (C=O) groups excluding carboxylic acids is 1. The smallest absolute Gasteiger partial charge is 0.222 e. The molecular formula is C22H23N5O2. The molecule has 4 aromatic rings. The number of aryl methyl sites for hydroxylation is 2. The number of methoxy groups -OCH3 is 1. The average molecular weight is 389 g/mol. The molecule has 2 aromatic heterocycles. The van der Waals surface area contributed by atoms with Crippen LogP contribution in [0.25, 0.3) is 11.0 Å². The first-order chi connectivity index (χ1) is 14.2. The summed E-state index contributed by atoms with van der Waals surface area (Å²) >= 11 is 0. The van der Waals surface area contributed by atoms with E-state index in [0.717, 1.165) is 22.4 Å². The predicted octanol–water partition coefficient (Wildman–Crippen LogP) is 3.07. The van der Waals surface area contributed by atoms with Gasteiger partial charge in [0.25, 0.3) is 0 Å². The van der Waals surface area contributed by atoms with E-state index >= 15 is 0 Å². The van der Waals surface area contributed by atoms with Crippen molar-refractivity contribution in [1.29, 1.82) is 0 Å². The highest BCUT2D eigenvalue weighted by Gasteiger charge is 2.23. The van der Waals surface area contributed by atoms with Crippen LogP contribution < -0.4 is 10.1 Å². The van der Waals surface area contributed by atoms with Gasteiger partial charge in [-0.25, -0.2) is 9.97 Å². The Kier molecular flexibility index (Phi) is 5.29. The van der Waals surface area contributed by atoms with E-state index in [1.54, 1.807) is 19.6 Å². The minimum absolute atomic E-state index is 0.0679. The quantitative estimate of drug-likeness (QED) is 0.527. The van der Waals surface area contributed by atoms with Gasteiger partial charge >= 0.3 is 0 Å². The van der Waals surface area contributed by atoms with Gasteiger partial charge in [0.1, 0.15) is 17.6 Å². The van der Waals surface area contributed by atoms with Crippen molar-refractivity contribution in [3.05, 3.63) is 78.6 Å². The second-order valence-electron chi connectivity index (χ2n) is 6.82. The van der Waals surface area contributed by atoms with Crippen molar-refractivity contribution in [3.8, 4) is 5.75 Å². The highest BCUT2D eigenvalue weighted by molar-refractivity contribution is 5.78. The Balaban J connectivity index is 1.54. The minimum Gasteiger partial charge on any atom is -0.496 e. The third kappa shape index (κ3) is 3.85. The van der Waals surface area contributed by atoms with Crippen molar-refractivity contribution in [2.24, 2.45) is 7.05 Å². The number of para-hydroxylation sites is 3. The van der Waals surface area contributed by atoms with Gasteiger partial charge in [0.15, 0.2) is 0 Å². The number of hydrogen-bond acceptors (Lipinski definition) is 4. The van der Waals surface area contributed by atoms with E-state index in [1.165, 1.54) is 0 Å². The van der Waals surface area contributed by atoms with Gasteiger partial charge in [0.05, 0.1) is 24.5 Å². The number of rotatable bonds is 7. The van der Waals surface area contributed by atoms with E-state index in [9.17, 15) is 4.79 Å². The maximum atomic E-state index is 12.8. The molecule has 0 saturated carbocycles. The first-order valence-electron chi connectivity index (χ1n) is 9.46. The number of nitrogens with one attached hydrogen (secondary N) is 1. The van der Waals surface area contributed by atoms with Crippen LogP contribution in [0.5, 0.6) is 5.75 Å². The molecule has 7 nitrogen and oxygen atoms in total. The molecule has 1 N–H and O–H groups in total. The zero-order valence-corrected chi connectivity index (χ0v) is 16.4. The molecule has 0 aliphatic heterocycles. The lowest BCUT2D eigenvalue weighted by molar-refractivity contribution is -0.121. The van der Waals surface area contributed by atoms with Crippen LogP contribution in [0.2, 0.25) is 0 Å². The molecule has 4 rings (SSSR count). The molecule has 1 amide bonds. The number of aromatic nitrogens is 4. The molecule has 1 unspecified atom stereocenters. The van der Waals surface area contributed by atoms with Crippen molar-refractivity contribution in [3.63, 3.8) is 0 Å². The fourth-order valence-corrected chi connectivity index (χ4v) is 3.49. The van der Waals surface area contributed by atoms with Crippen LogP contribution in [0.4, 0.5) is 0 Å². The zero-order chi connectivity index (χ0) is 20.2. The van der Waals surface area contributed by atoms with Crippen LogP contribution in [-0.4, -0.2) is 32.1 Å². The lowest BCUT2D eigenvalue weighted by Crippen LogP contribution is -2.31. The summed E-state index contributed by atoms with van der Waals surface area (Å²) in [4.78, 5) is 21.7. The van der Waals surface area contributed by atoms with Gasteiger partial charge in [-0.3, -0.25) is 4.79 Å². The molecule has 0 spiro atoms. The summed E-state index contributed by atoms with van der Waals surface area (Å²) < 4.78 is 9.41. The Bertz CT molecular complexity index is 1130. The molecule has 0 aliphatic rings. The fourth-order valence-electron chi connectivity index (χ4n) is 3.49. The molecule has 0 radical (unpaired) electrons. The van der Waals surface area contributed by atoms with Gasteiger partial charge in [0.2, 0.25) is 5.91 Å². The molecule has 0 fully saturated rings. The Morgan fingerprint density at radius 3 is 2.72 bits per heavy atom. The summed E-state index contributed by atoms with van der Waals surface area (Å²) in [5.74, 6) is 1.39. The van der Waals surface area contributed by atoms with Gasteiger partial charge in [0, 0.05) is 38.0 Å². The van der Waals surface area contributed by atoms with E-state index in [2.05, 4.69) is 15.3 Å². The lowest BCUT2D eigenvalue weighted by Gasteiger charge is -2.21. The van der Waals surface area contributed by atoms with Gasteiger partial charge in [-0.05, 0) is 18.2 Å². The molecule has 2 aromatic carbocycles. The number of carbonyl (C=O) groups is 1. The van der Waals surface area contributed by atoms with Gasteiger partial charge < -0.3 is 19.2 Å². The maximum absolute atomic E-state index is 12.8. The van der Waals surface area contributed by atoms with Gasteiger partial charge in [-0.2, -0.15) is 0 Å². The summed E-state index contributed by atoms with van der Waals surface area (Å²) in [5.41, 5.74) is 2.81. The topological polar surface area (TPSA) is 74.0 Å². The molecule has 148 valence electrons. The summed E-state index contributed by atoms with van der Waals surface area (Å²) in [6.07, 6.45) is 5.69. The SMILES string of the molecule is COc1ccccc1C(NC(=O)CCn1cnc2ccccc21)c1nccn1C. The van der Waals surface area contributed by atoms with Crippen LogP contribution in [-0.2, 0) is 18.4 Å². The van der Waals surface area contributed by atoms with E-state index in [0.29, 0.717) is 18.7 Å². The number of fused-ring (bicyclic) bond motifs is 1. The van der Waals surface area contributed by atoms with E-state index in [4.69, 9.17) is 4.74 Å². The van der Waals surface area contributed by atoms with Crippen LogP contribution in [0, 0.1) is 0 Å². The molecule has 1 atom stereocenters. The molecule has 2 heterocycles. The van der Waals surface area contributed by atoms with Gasteiger partial charge in [-0.1, -0.05) is 30.3 Å². The summed E-state index contributed by atoms with van der Waals surface area (Å²) in [6, 6.07) is 15.2. The monoisotopic (exact) mass is 389 g/mol. The fraction of sp³-hybridized carbons (Fsp3) is 0.227. The lowest BCUT2D eigenvalue weighted by atomic mass is 10.0. The second kappa shape index (κ2) is 8.18. The van der Waals surface area contributed by atoms with E-state index in [-0.39, 0.29) is 5.91 Å². The molecule has 7 heteroatoms. The third-order valence-corrected chi connectivity index (χ3v) is 4.98. The molecule has 29 heavy (non-hydrogen) atoms. The van der Waals surface area contributed by atoms with Crippen molar-refractivity contribution in [2.75, 3.05) is 7.11 Å². The number of amides is 1. The van der Waals surface area contributed by atoms with Crippen LogP contribution >= 0.6 is 0 Å². The standard InChI is InChI=1S/C22H23N5O2/c1-26-14-12-23-22(26)21(16-7-3-6-10-19(16)29-2)25-20(28)11-13-27-15-24-17-8-4-5-9-18(17)27/h3-10,12,14-15,21H,11,13H2,1-2H3,(H,25,28). The number of imidazole rings is 2. The molecular weight excluding hydrogens is 366 g/mol. The normalized spacial score (nSPS) is 12.1. The molecule has 0 saturated heterocycles. The first-order valence-corrected chi connectivity index (χ1v) is 9.46.